The molecule has 0 saturated carbocycles. The van der Waals surface area contributed by atoms with Crippen LogP contribution in [0.2, 0.25) is 0 Å². The number of likely N-dealkylation sites (N-methyl/N-ethyl adjacent to an activating group) is 1. The van der Waals surface area contributed by atoms with E-state index < -0.39 is 10.0 Å². The van der Waals surface area contributed by atoms with E-state index in [9.17, 15) is 8.42 Å². The molecule has 1 saturated heterocycles. The first-order valence-corrected chi connectivity index (χ1v) is 8.52. The molecule has 0 radical (unpaired) electrons. The van der Waals surface area contributed by atoms with Crippen molar-refractivity contribution in [3.05, 3.63) is 18.3 Å². The van der Waals surface area contributed by atoms with E-state index >= 15 is 0 Å². The lowest BCUT2D eigenvalue weighted by molar-refractivity contribution is 0.164. The van der Waals surface area contributed by atoms with Gasteiger partial charge >= 0.3 is 0 Å². The summed E-state index contributed by atoms with van der Waals surface area (Å²) in [4.78, 5) is 6.56. The predicted molar refractivity (Wildman–Crippen MR) is 79.0 cm³/mol. The van der Waals surface area contributed by atoms with Crippen LogP contribution in [-0.2, 0) is 10.0 Å². The van der Waals surface area contributed by atoms with E-state index in [-0.39, 0.29) is 4.90 Å². The summed E-state index contributed by atoms with van der Waals surface area (Å²) >= 11 is 0. The van der Waals surface area contributed by atoms with Gasteiger partial charge in [0.25, 0.3) is 0 Å². The molecule has 7 heteroatoms. The Labute approximate surface area is 120 Å². The van der Waals surface area contributed by atoms with Crippen molar-refractivity contribution >= 4 is 15.8 Å². The first-order valence-electron chi connectivity index (χ1n) is 6.98. The van der Waals surface area contributed by atoms with Crippen LogP contribution in [0.3, 0.4) is 0 Å². The molecule has 1 aliphatic rings. The van der Waals surface area contributed by atoms with Gasteiger partial charge in [0.15, 0.2) is 0 Å². The SMILES string of the molecule is CCN1CCCC[C@H]1CNc1ncccc1S(N)(=O)=O. The second-order valence-corrected chi connectivity index (χ2v) is 6.58. The maximum absolute atomic E-state index is 11.5. The molecule has 2 heterocycles. The number of piperidine rings is 1. The van der Waals surface area contributed by atoms with Crippen LogP contribution in [0.4, 0.5) is 5.82 Å². The van der Waals surface area contributed by atoms with Gasteiger partial charge < -0.3 is 5.32 Å². The lowest BCUT2D eigenvalue weighted by Crippen LogP contribution is -2.43. The van der Waals surface area contributed by atoms with Crippen molar-refractivity contribution < 1.29 is 8.42 Å². The molecule has 1 fully saturated rings. The third-order valence-electron chi connectivity index (χ3n) is 3.74. The molecule has 20 heavy (non-hydrogen) atoms. The zero-order valence-corrected chi connectivity index (χ0v) is 12.6. The highest BCUT2D eigenvalue weighted by molar-refractivity contribution is 7.89. The van der Waals surface area contributed by atoms with Crippen LogP contribution in [0.25, 0.3) is 0 Å². The summed E-state index contributed by atoms with van der Waals surface area (Å²) < 4.78 is 23.0. The number of nitrogens with one attached hydrogen (secondary N) is 1. The first kappa shape index (κ1) is 15.2. The molecular formula is C13H22N4O2S. The summed E-state index contributed by atoms with van der Waals surface area (Å²) in [6, 6.07) is 3.47. The maximum atomic E-state index is 11.5. The highest BCUT2D eigenvalue weighted by Gasteiger charge is 2.22. The van der Waals surface area contributed by atoms with Gasteiger partial charge in [-0.25, -0.2) is 18.5 Å². The number of anilines is 1. The summed E-state index contributed by atoms with van der Waals surface area (Å²) in [5.41, 5.74) is 0. The number of aromatic nitrogens is 1. The molecular weight excluding hydrogens is 276 g/mol. The molecule has 0 aliphatic carbocycles. The molecule has 6 nitrogen and oxygen atoms in total. The largest absolute Gasteiger partial charge is 0.367 e. The summed E-state index contributed by atoms with van der Waals surface area (Å²) in [5, 5.41) is 8.34. The number of nitrogens with two attached hydrogens (primary N) is 1. The minimum Gasteiger partial charge on any atom is -0.367 e. The minimum absolute atomic E-state index is 0.0545. The van der Waals surface area contributed by atoms with Crippen LogP contribution in [-0.4, -0.2) is 44.0 Å². The van der Waals surface area contributed by atoms with Crippen LogP contribution in [0.15, 0.2) is 23.2 Å². The minimum atomic E-state index is -3.74. The summed E-state index contributed by atoms with van der Waals surface area (Å²) in [7, 11) is -3.74. The number of hydrogen-bond donors (Lipinski definition) is 2. The second-order valence-electron chi connectivity index (χ2n) is 5.05. The molecule has 1 atom stereocenters. The van der Waals surface area contributed by atoms with E-state index in [0.717, 1.165) is 19.5 Å². The Balaban J connectivity index is 2.07. The third-order valence-corrected chi connectivity index (χ3v) is 4.68. The Hall–Kier alpha value is -1.18. The number of primary sulfonamides is 1. The predicted octanol–water partition coefficient (Wildman–Crippen LogP) is 1.02. The second kappa shape index (κ2) is 6.51. The fraction of sp³-hybridized carbons (Fsp3) is 0.615. The lowest BCUT2D eigenvalue weighted by Gasteiger charge is -2.35. The molecule has 0 unspecified atom stereocenters. The van der Waals surface area contributed by atoms with Crippen LogP contribution >= 0.6 is 0 Å². The van der Waals surface area contributed by atoms with E-state index in [2.05, 4.69) is 22.1 Å². The van der Waals surface area contributed by atoms with Gasteiger partial charge in [-0.1, -0.05) is 13.3 Å². The number of nitrogens with zero attached hydrogens (tertiary/aromatic N) is 2. The maximum Gasteiger partial charge on any atom is 0.241 e. The number of hydrogen-bond acceptors (Lipinski definition) is 5. The van der Waals surface area contributed by atoms with E-state index in [1.165, 1.54) is 18.9 Å². The van der Waals surface area contributed by atoms with E-state index in [4.69, 9.17) is 5.14 Å². The highest BCUT2D eigenvalue weighted by atomic mass is 32.2. The van der Waals surface area contributed by atoms with Gasteiger partial charge in [-0.2, -0.15) is 0 Å². The van der Waals surface area contributed by atoms with Gasteiger partial charge in [0, 0.05) is 18.8 Å². The summed E-state index contributed by atoms with van der Waals surface area (Å²) in [6.07, 6.45) is 5.14. The van der Waals surface area contributed by atoms with Crippen molar-refractivity contribution in [2.24, 2.45) is 5.14 Å². The Kier molecular flexibility index (Phi) is 4.95. The summed E-state index contributed by atoms with van der Waals surface area (Å²) in [5.74, 6) is 0.344. The summed E-state index contributed by atoms with van der Waals surface area (Å²) in [6.45, 7) is 4.95. The molecule has 0 aromatic carbocycles. The highest BCUT2D eigenvalue weighted by Crippen LogP contribution is 2.20. The Morgan fingerprint density at radius 1 is 1.50 bits per heavy atom. The van der Waals surface area contributed by atoms with Gasteiger partial charge in [0.2, 0.25) is 10.0 Å². The molecule has 1 aromatic rings. The number of sulfonamides is 1. The number of pyridine rings is 1. The van der Waals surface area contributed by atoms with Crippen molar-refractivity contribution in [2.75, 3.05) is 25.0 Å². The van der Waals surface area contributed by atoms with Crippen molar-refractivity contribution in [3.8, 4) is 0 Å². The Morgan fingerprint density at radius 3 is 3.00 bits per heavy atom. The van der Waals surface area contributed by atoms with Crippen molar-refractivity contribution in [1.29, 1.82) is 0 Å². The average Bonchev–Trinajstić information content (AvgIpc) is 2.44. The van der Waals surface area contributed by atoms with Crippen molar-refractivity contribution in [1.82, 2.24) is 9.88 Å². The monoisotopic (exact) mass is 298 g/mol. The zero-order chi connectivity index (χ0) is 14.6. The molecule has 0 spiro atoms. The van der Waals surface area contributed by atoms with Crippen LogP contribution in [0, 0.1) is 0 Å². The first-order chi connectivity index (χ1) is 9.52. The Morgan fingerprint density at radius 2 is 2.30 bits per heavy atom. The molecule has 112 valence electrons. The molecule has 1 aromatic heterocycles. The fourth-order valence-corrected chi connectivity index (χ4v) is 3.34. The normalized spacial score (nSPS) is 20.8. The van der Waals surface area contributed by atoms with E-state index in [1.54, 1.807) is 12.3 Å². The molecule has 3 N–H and O–H groups in total. The average molecular weight is 298 g/mol. The molecule has 1 aliphatic heterocycles. The number of rotatable bonds is 5. The topological polar surface area (TPSA) is 88.3 Å². The standard InChI is InChI=1S/C13H22N4O2S/c1-2-17-9-4-3-6-11(17)10-16-13-12(20(14,18)19)7-5-8-15-13/h5,7-8,11H,2-4,6,9-10H2,1H3,(H,15,16)(H2,14,18,19)/t11-/m0/s1. The van der Waals surface area contributed by atoms with Crippen molar-refractivity contribution in [3.63, 3.8) is 0 Å². The van der Waals surface area contributed by atoms with Crippen molar-refractivity contribution in [2.45, 2.75) is 37.1 Å². The Bertz CT molecular complexity index is 547. The van der Waals surface area contributed by atoms with Gasteiger partial charge in [-0.15, -0.1) is 0 Å². The van der Waals surface area contributed by atoms with Crippen LogP contribution in [0.5, 0.6) is 0 Å². The molecule has 2 rings (SSSR count). The van der Waals surface area contributed by atoms with Gasteiger partial charge in [-0.3, -0.25) is 4.90 Å². The smallest absolute Gasteiger partial charge is 0.241 e. The lowest BCUT2D eigenvalue weighted by atomic mass is 10.0. The number of likely N-dealkylation sites (tertiary alicyclic amines) is 1. The van der Waals surface area contributed by atoms with Crippen LogP contribution in [0.1, 0.15) is 26.2 Å². The van der Waals surface area contributed by atoms with Gasteiger partial charge in [0.05, 0.1) is 0 Å². The fourth-order valence-electron chi connectivity index (χ4n) is 2.67. The quantitative estimate of drug-likeness (QED) is 0.847. The third kappa shape index (κ3) is 3.68. The molecule has 0 amide bonds. The van der Waals surface area contributed by atoms with Gasteiger partial charge in [-0.05, 0) is 38.1 Å². The zero-order valence-electron chi connectivity index (χ0n) is 11.7. The van der Waals surface area contributed by atoms with Gasteiger partial charge in [0.1, 0.15) is 10.7 Å². The van der Waals surface area contributed by atoms with E-state index in [0.29, 0.717) is 18.4 Å². The van der Waals surface area contributed by atoms with Crippen LogP contribution < -0.4 is 10.5 Å². The molecule has 0 bridgehead atoms. The van der Waals surface area contributed by atoms with E-state index in [1.807, 2.05) is 0 Å².